The SMILES string of the molecule is COc1ccc(-c2csc(NC(=O)Cc3noc4ccccc34)n2)cc1. The number of hydrogen-bond acceptors (Lipinski definition) is 6. The van der Waals surface area contributed by atoms with Gasteiger partial charge in [0.2, 0.25) is 5.91 Å². The largest absolute Gasteiger partial charge is 0.497 e. The van der Waals surface area contributed by atoms with Gasteiger partial charge in [0.1, 0.15) is 11.4 Å². The summed E-state index contributed by atoms with van der Waals surface area (Å²) in [4.78, 5) is 16.8. The first-order valence-corrected chi connectivity index (χ1v) is 8.84. The van der Waals surface area contributed by atoms with E-state index in [0.717, 1.165) is 22.4 Å². The number of anilines is 1. The summed E-state index contributed by atoms with van der Waals surface area (Å²) >= 11 is 1.38. The third-order valence-corrected chi connectivity index (χ3v) is 4.67. The van der Waals surface area contributed by atoms with E-state index in [2.05, 4.69) is 15.5 Å². The number of nitrogens with one attached hydrogen (secondary N) is 1. The van der Waals surface area contributed by atoms with Gasteiger partial charge in [-0.2, -0.15) is 0 Å². The molecule has 0 aliphatic heterocycles. The molecule has 0 fully saturated rings. The molecule has 0 bridgehead atoms. The summed E-state index contributed by atoms with van der Waals surface area (Å²) in [5.41, 5.74) is 3.06. The van der Waals surface area contributed by atoms with Crippen molar-refractivity contribution in [3.63, 3.8) is 0 Å². The molecule has 0 unspecified atom stereocenters. The van der Waals surface area contributed by atoms with Gasteiger partial charge in [-0.25, -0.2) is 4.98 Å². The molecule has 26 heavy (non-hydrogen) atoms. The quantitative estimate of drug-likeness (QED) is 0.575. The lowest BCUT2D eigenvalue weighted by atomic mass is 10.1. The Hall–Kier alpha value is -3.19. The van der Waals surface area contributed by atoms with Gasteiger partial charge < -0.3 is 14.6 Å². The van der Waals surface area contributed by atoms with Crippen molar-refractivity contribution in [3.8, 4) is 17.0 Å². The fourth-order valence-corrected chi connectivity index (χ4v) is 3.34. The van der Waals surface area contributed by atoms with E-state index in [1.54, 1.807) is 7.11 Å². The number of nitrogens with zero attached hydrogens (tertiary/aromatic N) is 2. The summed E-state index contributed by atoms with van der Waals surface area (Å²) < 4.78 is 10.4. The first-order valence-electron chi connectivity index (χ1n) is 7.96. The van der Waals surface area contributed by atoms with Gasteiger partial charge >= 0.3 is 0 Å². The molecule has 0 aliphatic rings. The minimum absolute atomic E-state index is 0.133. The molecule has 0 saturated carbocycles. The van der Waals surface area contributed by atoms with Crippen LogP contribution in [0.3, 0.4) is 0 Å². The van der Waals surface area contributed by atoms with Gasteiger partial charge in [-0.05, 0) is 36.4 Å². The van der Waals surface area contributed by atoms with E-state index in [9.17, 15) is 4.79 Å². The first-order chi connectivity index (χ1) is 12.7. The molecule has 0 atom stereocenters. The highest BCUT2D eigenvalue weighted by atomic mass is 32.1. The third kappa shape index (κ3) is 3.29. The molecule has 7 heteroatoms. The standard InChI is InChI=1S/C19H15N3O3S/c1-24-13-8-6-12(7-9-13)16-11-26-19(20-16)21-18(23)10-15-14-4-2-3-5-17(14)25-22-15/h2-9,11H,10H2,1H3,(H,20,21,23). The van der Waals surface area contributed by atoms with Gasteiger partial charge in [0.05, 0.1) is 19.2 Å². The van der Waals surface area contributed by atoms with E-state index >= 15 is 0 Å². The maximum absolute atomic E-state index is 12.3. The lowest BCUT2D eigenvalue weighted by molar-refractivity contribution is -0.115. The van der Waals surface area contributed by atoms with Crippen LogP contribution in [0.1, 0.15) is 5.69 Å². The minimum atomic E-state index is -0.181. The van der Waals surface area contributed by atoms with Crippen LogP contribution in [0.2, 0.25) is 0 Å². The molecule has 2 aromatic heterocycles. The van der Waals surface area contributed by atoms with Crippen LogP contribution in [0, 0.1) is 0 Å². The van der Waals surface area contributed by atoms with Crippen LogP contribution in [-0.2, 0) is 11.2 Å². The molecule has 4 aromatic rings. The summed E-state index contributed by atoms with van der Waals surface area (Å²) in [6.45, 7) is 0. The van der Waals surface area contributed by atoms with Crippen LogP contribution in [-0.4, -0.2) is 23.2 Å². The van der Waals surface area contributed by atoms with Gasteiger partial charge in [-0.1, -0.05) is 17.3 Å². The molecule has 0 saturated heterocycles. The molecule has 130 valence electrons. The average molecular weight is 365 g/mol. The van der Waals surface area contributed by atoms with Gasteiger partial charge in [0.25, 0.3) is 0 Å². The zero-order valence-corrected chi connectivity index (χ0v) is 14.7. The van der Waals surface area contributed by atoms with Crippen LogP contribution < -0.4 is 10.1 Å². The number of rotatable bonds is 5. The van der Waals surface area contributed by atoms with E-state index in [1.807, 2.05) is 53.9 Å². The number of aromatic nitrogens is 2. The van der Waals surface area contributed by atoms with Crippen molar-refractivity contribution in [1.82, 2.24) is 10.1 Å². The van der Waals surface area contributed by atoms with Crippen LogP contribution in [0.4, 0.5) is 5.13 Å². The second-order valence-electron chi connectivity index (χ2n) is 5.62. The molecule has 4 rings (SSSR count). The predicted molar refractivity (Wildman–Crippen MR) is 100 cm³/mol. The van der Waals surface area contributed by atoms with Gasteiger partial charge in [-0.15, -0.1) is 11.3 Å². The number of hydrogen-bond donors (Lipinski definition) is 1. The number of ether oxygens (including phenoxy) is 1. The Balaban J connectivity index is 1.45. The van der Waals surface area contributed by atoms with Gasteiger partial charge in [-0.3, -0.25) is 4.79 Å². The van der Waals surface area contributed by atoms with Gasteiger partial charge in [0.15, 0.2) is 10.7 Å². The van der Waals surface area contributed by atoms with E-state index in [-0.39, 0.29) is 12.3 Å². The van der Waals surface area contributed by atoms with Gasteiger partial charge in [0, 0.05) is 16.3 Å². The Kier molecular flexibility index (Phi) is 4.37. The van der Waals surface area contributed by atoms with E-state index in [1.165, 1.54) is 11.3 Å². The number of amides is 1. The fourth-order valence-electron chi connectivity index (χ4n) is 2.61. The lowest BCUT2D eigenvalue weighted by Crippen LogP contribution is -2.14. The highest BCUT2D eigenvalue weighted by Gasteiger charge is 2.14. The molecular weight excluding hydrogens is 350 g/mol. The Bertz CT molecular complexity index is 1050. The van der Waals surface area contributed by atoms with Crippen molar-refractivity contribution in [2.75, 3.05) is 12.4 Å². The van der Waals surface area contributed by atoms with Crippen molar-refractivity contribution >= 4 is 33.3 Å². The molecular formula is C19H15N3O3S. The summed E-state index contributed by atoms with van der Waals surface area (Å²) in [5, 5.41) is 10.1. The van der Waals surface area contributed by atoms with Crippen molar-refractivity contribution in [2.24, 2.45) is 0 Å². The first kappa shape index (κ1) is 16.3. The Labute approximate surface area is 153 Å². The summed E-state index contributed by atoms with van der Waals surface area (Å²) in [6, 6.07) is 15.1. The Morgan fingerprint density at radius 2 is 2.00 bits per heavy atom. The second kappa shape index (κ2) is 6.97. The normalized spacial score (nSPS) is 10.8. The second-order valence-corrected chi connectivity index (χ2v) is 6.47. The Morgan fingerprint density at radius 1 is 1.19 bits per heavy atom. The topological polar surface area (TPSA) is 77.2 Å². The molecule has 2 aromatic carbocycles. The number of carbonyl (C=O) groups is 1. The Morgan fingerprint density at radius 3 is 2.81 bits per heavy atom. The van der Waals surface area contributed by atoms with Crippen LogP contribution >= 0.6 is 11.3 Å². The lowest BCUT2D eigenvalue weighted by Gasteiger charge is -2.01. The molecule has 0 aliphatic carbocycles. The molecule has 2 heterocycles. The zero-order chi connectivity index (χ0) is 17.9. The number of thiazole rings is 1. The van der Waals surface area contributed by atoms with Crippen molar-refractivity contribution in [1.29, 1.82) is 0 Å². The summed E-state index contributed by atoms with van der Waals surface area (Å²) in [6.07, 6.45) is 0.133. The minimum Gasteiger partial charge on any atom is -0.497 e. The maximum Gasteiger partial charge on any atom is 0.232 e. The number of carbonyl (C=O) groups excluding carboxylic acids is 1. The average Bonchev–Trinajstić information content (AvgIpc) is 3.29. The predicted octanol–water partition coefficient (Wildman–Crippen LogP) is 4.14. The highest BCUT2D eigenvalue weighted by Crippen LogP contribution is 2.26. The maximum atomic E-state index is 12.3. The number of methoxy groups -OCH3 is 1. The third-order valence-electron chi connectivity index (χ3n) is 3.92. The van der Waals surface area contributed by atoms with Crippen molar-refractivity contribution in [3.05, 3.63) is 59.6 Å². The zero-order valence-electron chi connectivity index (χ0n) is 13.9. The van der Waals surface area contributed by atoms with Crippen LogP contribution in [0.5, 0.6) is 5.75 Å². The van der Waals surface area contributed by atoms with E-state index in [0.29, 0.717) is 16.4 Å². The monoisotopic (exact) mass is 365 g/mol. The van der Waals surface area contributed by atoms with Crippen LogP contribution in [0.25, 0.3) is 22.2 Å². The molecule has 1 amide bonds. The van der Waals surface area contributed by atoms with E-state index in [4.69, 9.17) is 9.26 Å². The number of fused-ring (bicyclic) bond motifs is 1. The van der Waals surface area contributed by atoms with Crippen molar-refractivity contribution < 1.29 is 14.1 Å². The molecule has 1 N–H and O–H groups in total. The highest BCUT2D eigenvalue weighted by molar-refractivity contribution is 7.14. The number of benzene rings is 2. The summed E-state index contributed by atoms with van der Waals surface area (Å²) in [5.74, 6) is 0.608. The van der Waals surface area contributed by atoms with E-state index < -0.39 is 0 Å². The molecule has 6 nitrogen and oxygen atoms in total. The van der Waals surface area contributed by atoms with Crippen LogP contribution in [0.15, 0.2) is 58.4 Å². The molecule has 0 spiro atoms. The smallest absolute Gasteiger partial charge is 0.232 e. The summed E-state index contributed by atoms with van der Waals surface area (Å²) in [7, 11) is 1.63. The fraction of sp³-hybridized carbons (Fsp3) is 0.105. The van der Waals surface area contributed by atoms with Crippen molar-refractivity contribution in [2.45, 2.75) is 6.42 Å². The molecule has 0 radical (unpaired) electrons. The number of para-hydroxylation sites is 1.